The number of ether oxygens (including phenoxy) is 1. The highest BCUT2D eigenvalue weighted by atomic mass is 32.1. The van der Waals surface area contributed by atoms with Crippen LogP contribution < -0.4 is 5.32 Å². The van der Waals surface area contributed by atoms with Gasteiger partial charge in [-0.3, -0.25) is 0 Å². The smallest absolute Gasteiger partial charge is 0.214 e. The Bertz CT molecular complexity index is 513. The van der Waals surface area contributed by atoms with Gasteiger partial charge in [0.05, 0.1) is 18.0 Å². The van der Waals surface area contributed by atoms with Gasteiger partial charge in [-0.2, -0.15) is 0 Å². The molecule has 2 aromatic heterocycles. The van der Waals surface area contributed by atoms with Crippen LogP contribution in [-0.4, -0.2) is 33.9 Å². The zero-order chi connectivity index (χ0) is 13.8. The summed E-state index contributed by atoms with van der Waals surface area (Å²) in [7, 11) is 0. The number of hydrogen-bond donors (Lipinski definition) is 1. The van der Waals surface area contributed by atoms with Crippen LogP contribution in [-0.2, 0) is 4.74 Å². The Morgan fingerprint density at radius 1 is 1.40 bits per heavy atom. The van der Waals surface area contributed by atoms with Gasteiger partial charge in [0.1, 0.15) is 0 Å². The van der Waals surface area contributed by atoms with Crippen LogP contribution in [0.2, 0.25) is 0 Å². The molecule has 0 amide bonds. The number of rotatable bonds is 6. The van der Waals surface area contributed by atoms with Crippen molar-refractivity contribution in [1.82, 2.24) is 14.6 Å². The highest BCUT2D eigenvalue weighted by Gasteiger charge is 2.13. The number of anilines is 1. The summed E-state index contributed by atoms with van der Waals surface area (Å²) in [6.45, 7) is 3.73. The van der Waals surface area contributed by atoms with Gasteiger partial charge in [0, 0.05) is 13.2 Å². The topological polar surface area (TPSA) is 51.5 Å². The number of aryl methyl sites for hydroxylation is 1. The van der Waals surface area contributed by atoms with Crippen LogP contribution in [0.5, 0.6) is 0 Å². The Morgan fingerprint density at radius 2 is 2.25 bits per heavy atom. The van der Waals surface area contributed by atoms with Crippen LogP contribution in [0.3, 0.4) is 0 Å². The average molecular weight is 294 g/mol. The van der Waals surface area contributed by atoms with Gasteiger partial charge in [0.15, 0.2) is 0 Å². The predicted molar refractivity (Wildman–Crippen MR) is 81.5 cm³/mol. The molecule has 0 atom stereocenters. The van der Waals surface area contributed by atoms with Crippen LogP contribution in [0.1, 0.15) is 44.2 Å². The third-order valence-electron chi connectivity index (χ3n) is 3.67. The molecule has 1 N–H and O–H groups in total. The summed E-state index contributed by atoms with van der Waals surface area (Å²) in [6, 6.07) is 0. The average Bonchev–Trinajstić information content (AvgIpc) is 2.96. The van der Waals surface area contributed by atoms with E-state index in [9.17, 15) is 0 Å². The van der Waals surface area contributed by atoms with Crippen LogP contribution in [0.25, 0.3) is 4.96 Å². The fourth-order valence-electron chi connectivity index (χ4n) is 2.63. The van der Waals surface area contributed by atoms with Crippen molar-refractivity contribution in [2.24, 2.45) is 0 Å². The number of aromatic nitrogens is 3. The zero-order valence-corrected chi connectivity index (χ0v) is 12.8. The molecule has 20 heavy (non-hydrogen) atoms. The van der Waals surface area contributed by atoms with E-state index < -0.39 is 0 Å². The molecule has 1 aliphatic rings. The van der Waals surface area contributed by atoms with Crippen molar-refractivity contribution in [2.45, 2.75) is 51.6 Å². The van der Waals surface area contributed by atoms with E-state index in [1.165, 1.54) is 32.1 Å². The Labute approximate surface area is 123 Å². The first-order chi connectivity index (χ1) is 9.81. The lowest BCUT2D eigenvalue weighted by Gasteiger charge is -2.21. The van der Waals surface area contributed by atoms with Crippen molar-refractivity contribution in [3.63, 3.8) is 0 Å². The van der Waals surface area contributed by atoms with Gasteiger partial charge in [-0.1, -0.05) is 30.6 Å². The molecular formula is C14H22N4OS. The number of hydrogen-bond acceptors (Lipinski definition) is 5. The first-order valence-corrected chi connectivity index (χ1v) is 8.31. The maximum absolute atomic E-state index is 5.91. The number of imidazole rings is 1. The second-order valence-corrected chi connectivity index (χ2v) is 6.38. The quantitative estimate of drug-likeness (QED) is 0.831. The molecule has 1 aliphatic carbocycles. The standard InChI is InChI=1S/C14H22N4OS/c1-11-10-18-14(16-11)20-13(17-18)15-8-5-9-19-12-6-3-2-4-7-12/h10,12H,2-9H2,1H3,(H,15,17). The van der Waals surface area contributed by atoms with E-state index in [1.807, 2.05) is 17.6 Å². The van der Waals surface area contributed by atoms with E-state index >= 15 is 0 Å². The van der Waals surface area contributed by atoms with Crippen LogP contribution in [0.15, 0.2) is 6.20 Å². The normalized spacial score (nSPS) is 16.9. The van der Waals surface area contributed by atoms with Crippen LogP contribution >= 0.6 is 11.3 Å². The lowest BCUT2D eigenvalue weighted by molar-refractivity contribution is 0.0284. The van der Waals surface area contributed by atoms with Gasteiger partial charge < -0.3 is 10.1 Å². The minimum Gasteiger partial charge on any atom is -0.378 e. The van der Waals surface area contributed by atoms with Gasteiger partial charge in [0.2, 0.25) is 10.1 Å². The first-order valence-electron chi connectivity index (χ1n) is 7.49. The lowest BCUT2D eigenvalue weighted by Crippen LogP contribution is -2.18. The zero-order valence-electron chi connectivity index (χ0n) is 12.0. The molecule has 0 bridgehead atoms. The molecular weight excluding hydrogens is 272 g/mol. The highest BCUT2D eigenvalue weighted by molar-refractivity contribution is 7.20. The minimum atomic E-state index is 0.509. The van der Waals surface area contributed by atoms with E-state index in [-0.39, 0.29) is 0 Å². The van der Waals surface area contributed by atoms with E-state index in [0.29, 0.717) is 6.10 Å². The monoisotopic (exact) mass is 294 g/mol. The van der Waals surface area contributed by atoms with Gasteiger partial charge in [-0.25, -0.2) is 9.50 Å². The molecule has 6 heteroatoms. The SMILES string of the molecule is Cc1cn2nc(NCCCOC3CCCCC3)sc2n1. The van der Waals surface area contributed by atoms with Crippen molar-refractivity contribution in [2.75, 3.05) is 18.5 Å². The molecule has 2 heterocycles. The number of nitrogens with zero attached hydrogens (tertiary/aromatic N) is 3. The van der Waals surface area contributed by atoms with Crippen molar-refractivity contribution < 1.29 is 4.74 Å². The maximum Gasteiger partial charge on any atom is 0.214 e. The van der Waals surface area contributed by atoms with Crippen molar-refractivity contribution in [1.29, 1.82) is 0 Å². The summed E-state index contributed by atoms with van der Waals surface area (Å²) in [6.07, 6.45) is 10.0. The Kier molecular flexibility index (Phi) is 4.52. The summed E-state index contributed by atoms with van der Waals surface area (Å²) < 4.78 is 7.74. The van der Waals surface area contributed by atoms with Crippen LogP contribution in [0, 0.1) is 6.92 Å². The fourth-order valence-corrected chi connectivity index (χ4v) is 3.48. The summed E-state index contributed by atoms with van der Waals surface area (Å²) in [5.41, 5.74) is 1.01. The largest absolute Gasteiger partial charge is 0.378 e. The molecule has 0 spiro atoms. The van der Waals surface area contributed by atoms with Crippen molar-refractivity contribution in [3.05, 3.63) is 11.9 Å². The summed E-state index contributed by atoms with van der Waals surface area (Å²) >= 11 is 1.59. The molecule has 1 saturated carbocycles. The highest BCUT2D eigenvalue weighted by Crippen LogP contribution is 2.21. The number of fused-ring (bicyclic) bond motifs is 1. The maximum atomic E-state index is 5.91. The molecule has 0 saturated heterocycles. The van der Waals surface area contributed by atoms with Gasteiger partial charge in [0.25, 0.3) is 0 Å². The molecule has 5 nitrogen and oxygen atoms in total. The second-order valence-electron chi connectivity index (χ2n) is 5.43. The Morgan fingerprint density at radius 3 is 3.05 bits per heavy atom. The first kappa shape index (κ1) is 13.8. The molecule has 0 unspecified atom stereocenters. The molecule has 3 rings (SSSR count). The fraction of sp³-hybridized carbons (Fsp3) is 0.714. The summed E-state index contributed by atoms with van der Waals surface area (Å²) in [5, 5.41) is 8.72. The summed E-state index contributed by atoms with van der Waals surface area (Å²) in [5.74, 6) is 0. The Hall–Kier alpha value is -1.14. The van der Waals surface area contributed by atoms with Gasteiger partial charge in [-0.15, -0.1) is 5.10 Å². The lowest BCUT2D eigenvalue weighted by atomic mass is 9.98. The second kappa shape index (κ2) is 6.54. The van der Waals surface area contributed by atoms with Gasteiger partial charge in [-0.05, 0) is 26.2 Å². The van der Waals surface area contributed by atoms with E-state index in [1.54, 1.807) is 11.3 Å². The van der Waals surface area contributed by atoms with E-state index in [2.05, 4.69) is 15.4 Å². The third kappa shape index (κ3) is 3.49. The molecule has 2 aromatic rings. The summed E-state index contributed by atoms with van der Waals surface area (Å²) in [4.78, 5) is 5.34. The van der Waals surface area contributed by atoms with Crippen LogP contribution in [0.4, 0.5) is 5.13 Å². The van der Waals surface area contributed by atoms with Crippen molar-refractivity contribution >= 4 is 21.4 Å². The molecule has 0 aliphatic heterocycles. The molecule has 110 valence electrons. The third-order valence-corrected chi connectivity index (χ3v) is 4.55. The van der Waals surface area contributed by atoms with Gasteiger partial charge >= 0.3 is 0 Å². The number of nitrogens with one attached hydrogen (secondary N) is 1. The van der Waals surface area contributed by atoms with E-state index in [4.69, 9.17) is 4.74 Å². The molecule has 1 fully saturated rings. The predicted octanol–water partition coefficient (Wildman–Crippen LogP) is 3.25. The Balaban J connectivity index is 1.35. The van der Waals surface area contributed by atoms with E-state index in [0.717, 1.165) is 35.4 Å². The molecule has 0 radical (unpaired) electrons. The molecule has 0 aromatic carbocycles. The van der Waals surface area contributed by atoms with Crippen molar-refractivity contribution in [3.8, 4) is 0 Å². The minimum absolute atomic E-state index is 0.509.